The lowest BCUT2D eigenvalue weighted by atomic mass is 10.0. The van der Waals surface area contributed by atoms with Gasteiger partial charge in [-0.2, -0.15) is 0 Å². The fourth-order valence-electron chi connectivity index (χ4n) is 1.08. The third-order valence-corrected chi connectivity index (χ3v) is 1.96. The van der Waals surface area contributed by atoms with Gasteiger partial charge in [0.1, 0.15) is 18.2 Å². The van der Waals surface area contributed by atoms with Crippen LogP contribution in [0.5, 0.6) is 0 Å². The van der Waals surface area contributed by atoms with Crippen molar-refractivity contribution in [3.8, 4) is 0 Å². The largest absolute Gasteiger partial charge is 0.390 e. The van der Waals surface area contributed by atoms with E-state index in [1.165, 1.54) is 0 Å². The Morgan fingerprint density at radius 3 is 2.31 bits per heavy atom. The first-order valence-electron chi connectivity index (χ1n) is 4.07. The van der Waals surface area contributed by atoms with Crippen molar-refractivity contribution in [3.05, 3.63) is 35.4 Å². The Bertz CT molecular complexity index is 361. The number of aliphatic hydroxyl groups excluding tert-OH is 1. The number of halogens is 5. The molecule has 1 aromatic carbocycles. The van der Waals surface area contributed by atoms with Crippen LogP contribution in [0, 0.1) is 11.6 Å². The average molecular weight is 260 g/mol. The van der Waals surface area contributed by atoms with Crippen LogP contribution in [0.2, 0.25) is 0 Å². The molecule has 0 aliphatic heterocycles. The molecule has 0 saturated carbocycles. The average Bonchev–Trinajstić information content (AvgIpc) is 2.17. The summed E-state index contributed by atoms with van der Waals surface area (Å²) >= 11 is 0. The molecule has 0 radical (unpaired) electrons. The molecule has 0 bridgehead atoms. The molecule has 92 valence electrons. The van der Waals surface area contributed by atoms with Gasteiger partial charge in [0.25, 0.3) is 5.92 Å². The minimum absolute atomic E-state index is 0. The Kier molecular flexibility index (Phi) is 5.18. The Balaban J connectivity index is 0.00000225. The zero-order valence-electron chi connectivity index (χ0n) is 7.96. The van der Waals surface area contributed by atoms with Crippen molar-refractivity contribution in [3.63, 3.8) is 0 Å². The van der Waals surface area contributed by atoms with E-state index in [9.17, 15) is 17.6 Å². The van der Waals surface area contributed by atoms with Gasteiger partial charge < -0.3 is 10.8 Å². The normalized spacial score (nSPS) is 13.1. The monoisotopic (exact) mass is 259 g/mol. The van der Waals surface area contributed by atoms with Gasteiger partial charge in [-0.1, -0.05) is 6.07 Å². The predicted octanol–water partition coefficient (Wildman–Crippen LogP) is 2.01. The summed E-state index contributed by atoms with van der Waals surface area (Å²) in [6, 6.07) is 0.121. The van der Waals surface area contributed by atoms with Crippen molar-refractivity contribution in [2.45, 2.75) is 12.0 Å². The Labute approximate surface area is 95.5 Å². The van der Waals surface area contributed by atoms with E-state index in [-0.39, 0.29) is 12.4 Å². The molecule has 1 aromatic rings. The summed E-state index contributed by atoms with van der Waals surface area (Å²) < 4.78 is 51.3. The van der Waals surface area contributed by atoms with Crippen molar-refractivity contribution < 1.29 is 22.7 Å². The number of nitrogens with two attached hydrogens (primary N) is 1. The highest BCUT2D eigenvalue weighted by molar-refractivity contribution is 5.85. The molecule has 0 aliphatic rings. The second-order valence-electron chi connectivity index (χ2n) is 3.06. The van der Waals surface area contributed by atoms with Crippen molar-refractivity contribution in [1.82, 2.24) is 0 Å². The molecule has 7 heteroatoms. The van der Waals surface area contributed by atoms with Crippen LogP contribution in [0.25, 0.3) is 0 Å². The first-order chi connectivity index (χ1) is 6.88. The maximum absolute atomic E-state index is 13.0. The Hall–Kier alpha value is -0.850. The second kappa shape index (κ2) is 5.47. The molecule has 1 atom stereocenters. The first kappa shape index (κ1) is 15.2. The molecule has 1 rings (SSSR count). The number of hydrogen-bond donors (Lipinski definition) is 2. The Morgan fingerprint density at radius 1 is 1.31 bits per heavy atom. The van der Waals surface area contributed by atoms with Gasteiger partial charge in [-0.15, -0.1) is 12.4 Å². The van der Waals surface area contributed by atoms with E-state index >= 15 is 0 Å². The SMILES string of the molecule is Cl.N[C@@H](c1ccc(F)cc1F)C(F)(F)CO. The van der Waals surface area contributed by atoms with Gasteiger partial charge in [-0.25, -0.2) is 17.6 Å². The molecule has 0 heterocycles. The van der Waals surface area contributed by atoms with Gasteiger partial charge in [-0.3, -0.25) is 0 Å². The minimum Gasteiger partial charge on any atom is -0.390 e. The summed E-state index contributed by atoms with van der Waals surface area (Å²) in [7, 11) is 0. The van der Waals surface area contributed by atoms with Crippen LogP contribution in [-0.4, -0.2) is 17.6 Å². The topological polar surface area (TPSA) is 46.2 Å². The van der Waals surface area contributed by atoms with Crippen molar-refractivity contribution >= 4 is 12.4 Å². The molecule has 0 saturated heterocycles. The molecular formula is C9H10ClF4NO. The zero-order valence-corrected chi connectivity index (χ0v) is 8.78. The fourth-order valence-corrected chi connectivity index (χ4v) is 1.08. The number of alkyl halides is 2. The summed E-state index contributed by atoms with van der Waals surface area (Å²) in [6.07, 6.45) is 0. The standard InChI is InChI=1S/C9H9F4NO.ClH/c10-5-1-2-6(7(11)3-5)8(14)9(12,13)4-15;/h1-3,8,15H,4,14H2;1H/t8-;/m0./s1. The van der Waals surface area contributed by atoms with Gasteiger partial charge >= 0.3 is 0 Å². The van der Waals surface area contributed by atoms with Crippen molar-refractivity contribution in [2.24, 2.45) is 5.73 Å². The predicted molar refractivity (Wildman–Crippen MR) is 52.6 cm³/mol. The van der Waals surface area contributed by atoms with Gasteiger partial charge in [0, 0.05) is 11.6 Å². The highest BCUT2D eigenvalue weighted by atomic mass is 35.5. The molecule has 0 spiro atoms. The van der Waals surface area contributed by atoms with Crippen LogP contribution in [0.4, 0.5) is 17.6 Å². The number of benzene rings is 1. The molecule has 0 aromatic heterocycles. The third-order valence-electron chi connectivity index (χ3n) is 1.96. The quantitative estimate of drug-likeness (QED) is 0.816. The summed E-state index contributed by atoms with van der Waals surface area (Å²) in [4.78, 5) is 0. The second-order valence-corrected chi connectivity index (χ2v) is 3.06. The molecule has 0 unspecified atom stereocenters. The highest BCUT2D eigenvalue weighted by Gasteiger charge is 2.38. The van der Waals surface area contributed by atoms with Gasteiger partial charge in [0.05, 0.1) is 6.04 Å². The van der Waals surface area contributed by atoms with Crippen LogP contribution >= 0.6 is 12.4 Å². The van der Waals surface area contributed by atoms with E-state index in [1.54, 1.807) is 0 Å². The molecule has 0 fully saturated rings. The number of aliphatic hydroxyl groups is 1. The van der Waals surface area contributed by atoms with Gasteiger partial charge in [0.15, 0.2) is 0 Å². The molecule has 2 nitrogen and oxygen atoms in total. The van der Waals surface area contributed by atoms with Crippen LogP contribution in [0.15, 0.2) is 18.2 Å². The van der Waals surface area contributed by atoms with E-state index in [0.717, 1.165) is 12.1 Å². The lowest BCUT2D eigenvalue weighted by molar-refractivity contribution is -0.0719. The fraction of sp³-hybridized carbons (Fsp3) is 0.333. The van der Waals surface area contributed by atoms with Crippen LogP contribution in [0.3, 0.4) is 0 Å². The zero-order chi connectivity index (χ0) is 11.6. The molecule has 16 heavy (non-hydrogen) atoms. The molecule has 3 N–H and O–H groups in total. The Morgan fingerprint density at radius 2 is 1.88 bits per heavy atom. The van der Waals surface area contributed by atoms with E-state index in [2.05, 4.69) is 0 Å². The summed E-state index contributed by atoms with van der Waals surface area (Å²) in [5.41, 5.74) is 4.53. The van der Waals surface area contributed by atoms with Crippen molar-refractivity contribution in [2.75, 3.05) is 6.61 Å². The van der Waals surface area contributed by atoms with E-state index in [1.807, 2.05) is 0 Å². The molecule has 0 aliphatic carbocycles. The highest BCUT2D eigenvalue weighted by Crippen LogP contribution is 2.30. The van der Waals surface area contributed by atoms with Crippen LogP contribution in [0.1, 0.15) is 11.6 Å². The first-order valence-corrected chi connectivity index (χ1v) is 4.07. The smallest absolute Gasteiger partial charge is 0.289 e. The lowest BCUT2D eigenvalue weighted by Crippen LogP contribution is -2.36. The van der Waals surface area contributed by atoms with E-state index in [0.29, 0.717) is 6.07 Å². The van der Waals surface area contributed by atoms with Gasteiger partial charge in [0.2, 0.25) is 0 Å². The maximum atomic E-state index is 13.0. The van der Waals surface area contributed by atoms with Crippen molar-refractivity contribution in [1.29, 1.82) is 0 Å². The summed E-state index contributed by atoms with van der Waals surface area (Å²) in [5.74, 6) is -5.68. The summed E-state index contributed by atoms with van der Waals surface area (Å²) in [5, 5.41) is 8.34. The maximum Gasteiger partial charge on any atom is 0.289 e. The van der Waals surface area contributed by atoms with Gasteiger partial charge in [-0.05, 0) is 6.07 Å². The number of rotatable bonds is 3. The summed E-state index contributed by atoms with van der Waals surface area (Å²) in [6.45, 7) is -1.50. The van der Waals surface area contributed by atoms with E-state index in [4.69, 9.17) is 10.8 Å². The van der Waals surface area contributed by atoms with Crippen LogP contribution in [-0.2, 0) is 0 Å². The van der Waals surface area contributed by atoms with Crippen LogP contribution < -0.4 is 5.73 Å². The lowest BCUT2D eigenvalue weighted by Gasteiger charge is -2.21. The molecule has 0 amide bonds. The third kappa shape index (κ3) is 3.07. The molecular weight excluding hydrogens is 250 g/mol. The van der Waals surface area contributed by atoms with E-state index < -0.39 is 35.8 Å². The minimum atomic E-state index is -3.64. The number of hydrogen-bond acceptors (Lipinski definition) is 2.